The fourth-order valence-electron chi connectivity index (χ4n) is 3.65. The van der Waals surface area contributed by atoms with Crippen LogP contribution in [0.15, 0.2) is 38.4 Å². The average Bonchev–Trinajstić information content (AvgIpc) is 3.11. The molecule has 0 aliphatic carbocycles. The molecule has 31 heavy (non-hydrogen) atoms. The predicted octanol–water partition coefficient (Wildman–Crippen LogP) is 4.04. The molecule has 164 valence electrons. The molecular formula is C22H25N3O3S3. The van der Waals surface area contributed by atoms with Gasteiger partial charge in [0.15, 0.2) is 5.16 Å². The summed E-state index contributed by atoms with van der Waals surface area (Å²) in [5.41, 5.74) is 2.93. The summed E-state index contributed by atoms with van der Waals surface area (Å²) in [6.07, 6.45) is 1.99. The number of benzene rings is 1. The van der Waals surface area contributed by atoms with Gasteiger partial charge in [-0.15, -0.1) is 23.1 Å². The average molecular weight is 476 g/mol. The summed E-state index contributed by atoms with van der Waals surface area (Å²) in [5, 5.41) is 4.19. The van der Waals surface area contributed by atoms with Crippen LogP contribution in [0.4, 0.5) is 0 Å². The van der Waals surface area contributed by atoms with Crippen LogP contribution in [0.25, 0.3) is 15.9 Å². The van der Waals surface area contributed by atoms with E-state index in [9.17, 15) is 9.59 Å². The molecule has 3 heterocycles. The minimum Gasteiger partial charge on any atom is -0.383 e. The first kappa shape index (κ1) is 22.4. The maximum absolute atomic E-state index is 13.7. The van der Waals surface area contributed by atoms with Crippen LogP contribution in [0.5, 0.6) is 0 Å². The summed E-state index contributed by atoms with van der Waals surface area (Å²) >= 11 is 4.69. The standard InChI is InChI=1S/C22H25N3O3S3/c1-13-6-4-7-15(10-13)25-20(27)18-16-8-5-9-29-21(16)31-19(18)24-22(25)30-12-17(26)23-14(2)11-28-3/h4,6-7,10,14H,5,8-9,11-12H2,1-3H3,(H,23,26)/t14-/m0/s1. The first-order valence-electron chi connectivity index (χ1n) is 10.2. The van der Waals surface area contributed by atoms with Crippen molar-refractivity contribution in [1.82, 2.24) is 14.9 Å². The van der Waals surface area contributed by atoms with Crippen LogP contribution >= 0.6 is 34.9 Å². The third-order valence-corrected chi connectivity index (χ3v) is 8.44. The highest BCUT2D eigenvalue weighted by molar-refractivity contribution is 8.01. The number of rotatable bonds is 7. The minimum atomic E-state index is -0.110. The van der Waals surface area contributed by atoms with E-state index >= 15 is 0 Å². The Morgan fingerprint density at radius 1 is 1.42 bits per heavy atom. The van der Waals surface area contributed by atoms with Crippen molar-refractivity contribution in [2.45, 2.75) is 42.1 Å². The molecule has 2 aromatic heterocycles. The van der Waals surface area contributed by atoms with Crippen LogP contribution in [-0.4, -0.2) is 46.7 Å². The molecule has 6 nitrogen and oxygen atoms in total. The second-order valence-corrected chi connectivity index (χ2v) is 10.9. The minimum absolute atomic E-state index is 0.0498. The Hall–Kier alpha value is -1.81. The smallest absolute Gasteiger partial charge is 0.267 e. The number of ether oxygens (including phenoxy) is 1. The van der Waals surface area contributed by atoms with Crippen LogP contribution in [0.2, 0.25) is 0 Å². The zero-order valence-corrected chi connectivity index (χ0v) is 20.2. The number of hydrogen-bond acceptors (Lipinski definition) is 7. The molecule has 1 N–H and O–H groups in total. The Morgan fingerprint density at radius 3 is 3.03 bits per heavy atom. The van der Waals surface area contributed by atoms with Crippen molar-refractivity contribution in [1.29, 1.82) is 0 Å². The molecule has 1 aliphatic rings. The number of fused-ring (bicyclic) bond motifs is 3. The Bertz CT molecular complexity index is 1170. The van der Waals surface area contributed by atoms with Gasteiger partial charge in [0.05, 0.1) is 27.6 Å². The van der Waals surface area contributed by atoms with Gasteiger partial charge in [-0.2, -0.15) is 0 Å². The lowest BCUT2D eigenvalue weighted by Crippen LogP contribution is -2.36. The summed E-state index contributed by atoms with van der Waals surface area (Å²) < 4.78 is 7.95. The molecule has 0 fully saturated rings. The molecule has 0 spiro atoms. The van der Waals surface area contributed by atoms with Gasteiger partial charge in [-0.25, -0.2) is 4.98 Å². The van der Waals surface area contributed by atoms with Crippen molar-refractivity contribution in [3.05, 3.63) is 45.7 Å². The van der Waals surface area contributed by atoms with Gasteiger partial charge in [0.2, 0.25) is 5.91 Å². The SMILES string of the molecule is COC[C@H](C)NC(=O)CSc1nc2sc3c(c2c(=O)n1-c1cccc(C)c1)CCCS3. The molecule has 3 aromatic rings. The molecule has 0 bridgehead atoms. The number of nitrogens with zero attached hydrogens (tertiary/aromatic N) is 2. The molecule has 1 atom stereocenters. The largest absolute Gasteiger partial charge is 0.383 e. The normalized spacial score (nSPS) is 14.4. The Kier molecular flexibility index (Phi) is 7.05. The van der Waals surface area contributed by atoms with Crippen molar-refractivity contribution < 1.29 is 9.53 Å². The fourth-order valence-corrected chi connectivity index (χ4v) is 7.05. The van der Waals surface area contributed by atoms with Crippen LogP contribution in [0.1, 0.15) is 24.5 Å². The highest BCUT2D eigenvalue weighted by atomic mass is 32.2. The molecule has 0 saturated heterocycles. The van der Waals surface area contributed by atoms with E-state index in [-0.39, 0.29) is 23.3 Å². The number of hydrogen-bond donors (Lipinski definition) is 1. The fraction of sp³-hybridized carbons (Fsp3) is 0.409. The highest BCUT2D eigenvalue weighted by Crippen LogP contribution is 2.40. The van der Waals surface area contributed by atoms with E-state index in [0.29, 0.717) is 11.8 Å². The van der Waals surface area contributed by atoms with Crippen molar-refractivity contribution in [2.75, 3.05) is 25.2 Å². The lowest BCUT2D eigenvalue weighted by Gasteiger charge is -2.15. The number of methoxy groups -OCH3 is 1. The summed E-state index contributed by atoms with van der Waals surface area (Å²) in [7, 11) is 1.61. The van der Waals surface area contributed by atoms with Crippen LogP contribution < -0.4 is 10.9 Å². The van der Waals surface area contributed by atoms with Crippen LogP contribution in [0.3, 0.4) is 0 Å². The van der Waals surface area contributed by atoms with Gasteiger partial charge < -0.3 is 10.1 Å². The molecule has 0 unspecified atom stereocenters. The molecule has 0 radical (unpaired) electrons. The Labute approximate surface area is 193 Å². The summed E-state index contributed by atoms with van der Waals surface area (Å²) in [4.78, 5) is 31.7. The number of thioether (sulfide) groups is 2. The van der Waals surface area contributed by atoms with Crippen molar-refractivity contribution >= 4 is 51.0 Å². The summed E-state index contributed by atoms with van der Waals surface area (Å²) in [6, 6.07) is 7.76. The molecule has 9 heteroatoms. The third-order valence-electron chi connectivity index (χ3n) is 4.98. The van der Waals surface area contributed by atoms with E-state index in [1.54, 1.807) is 23.0 Å². The van der Waals surface area contributed by atoms with E-state index in [1.807, 2.05) is 49.9 Å². The molecule has 4 rings (SSSR count). The Balaban J connectivity index is 1.75. The van der Waals surface area contributed by atoms with E-state index in [1.165, 1.54) is 16.0 Å². The number of carbonyl (C=O) groups is 1. The summed E-state index contributed by atoms with van der Waals surface area (Å²) in [5.74, 6) is 1.14. The van der Waals surface area contributed by atoms with Crippen LogP contribution in [0, 0.1) is 6.92 Å². The molecule has 1 amide bonds. The van der Waals surface area contributed by atoms with Crippen molar-refractivity contribution in [3.8, 4) is 5.69 Å². The number of carbonyl (C=O) groups excluding carboxylic acids is 1. The number of thiophene rings is 1. The number of nitrogens with one attached hydrogen (secondary N) is 1. The lowest BCUT2D eigenvalue weighted by atomic mass is 10.1. The molecule has 1 aliphatic heterocycles. The Morgan fingerprint density at radius 2 is 2.26 bits per heavy atom. The van der Waals surface area contributed by atoms with Gasteiger partial charge in [0.25, 0.3) is 5.56 Å². The zero-order chi connectivity index (χ0) is 22.0. The number of aromatic nitrogens is 2. The van der Waals surface area contributed by atoms with Gasteiger partial charge in [0.1, 0.15) is 4.83 Å². The quantitative estimate of drug-likeness (QED) is 0.411. The van der Waals surface area contributed by atoms with Gasteiger partial charge >= 0.3 is 0 Å². The van der Waals surface area contributed by atoms with E-state index < -0.39 is 0 Å². The molecule has 1 aromatic carbocycles. The maximum Gasteiger partial charge on any atom is 0.267 e. The van der Waals surface area contributed by atoms with E-state index in [2.05, 4.69) is 5.32 Å². The maximum atomic E-state index is 13.7. The third kappa shape index (κ3) is 4.84. The van der Waals surface area contributed by atoms with Crippen molar-refractivity contribution in [2.24, 2.45) is 0 Å². The highest BCUT2D eigenvalue weighted by Gasteiger charge is 2.23. The van der Waals surface area contributed by atoms with Crippen molar-refractivity contribution in [3.63, 3.8) is 0 Å². The van der Waals surface area contributed by atoms with Gasteiger partial charge in [0, 0.05) is 13.2 Å². The number of aryl methyl sites for hydroxylation is 2. The van der Waals surface area contributed by atoms with Gasteiger partial charge in [-0.1, -0.05) is 23.9 Å². The predicted molar refractivity (Wildman–Crippen MR) is 129 cm³/mol. The van der Waals surface area contributed by atoms with Gasteiger partial charge in [-0.3, -0.25) is 14.2 Å². The second-order valence-electron chi connectivity index (χ2n) is 7.59. The van der Waals surface area contributed by atoms with E-state index in [4.69, 9.17) is 9.72 Å². The van der Waals surface area contributed by atoms with Crippen LogP contribution in [-0.2, 0) is 16.0 Å². The number of amides is 1. The monoisotopic (exact) mass is 475 g/mol. The second kappa shape index (κ2) is 9.77. The first-order chi connectivity index (χ1) is 15.0. The lowest BCUT2D eigenvalue weighted by molar-refractivity contribution is -0.119. The summed E-state index contributed by atoms with van der Waals surface area (Å²) in [6.45, 7) is 4.35. The zero-order valence-electron chi connectivity index (χ0n) is 17.8. The molecular weight excluding hydrogens is 450 g/mol. The van der Waals surface area contributed by atoms with E-state index in [0.717, 1.165) is 45.6 Å². The first-order valence-corrected chi connectivity index (χ1v) is 13.0. The topological polar surface area (TPSA) is 73.2 Å². The molecule has 0 saturated carbocycles. The van der Waals surface area contributed by atoms with Gasteiger partial charge in [-0.05, 0) is 55.7 Å².